The summed E-state index contributed by atoms with van der Waals surface area (Å²) in [6, 6.07) is 5.47. The average Bonchev–Trinajstić information content (AvgIpc) is 2.85. The first-order valence-corrected chi connectivity index (χ1v) is 8.70. The number of sulfonamides is 1. The van der Waals surface area contributed by atoms with E-state index in [9.17, 15) is 8.42 Å². The third-order valence-electron chi connectivity index (χ3n) is 3.67. The van der Waals surface area contributed by atoms with Crippen LogP contribution in [0.5, 0.6) is 0 Å². The molecule has 1 aromatic carbocycles. The van der Waals surface area contributed by atoms with Crippen molar-refractivity contribution in [1.29, 1.82) is 0 Å². The van der Waals surface area contributed by atoms with Crippen LogP contribution >= 0.6 is 12.2 Å². The molecule has 0 saturated heterocycles. The lowest BCUT2D eigenvalue weighted by molar-refractivity contribution is 0.437. The van der Waals surface area contributed by atoms with E-state index in [-0.39, 0.29) is 0 Å². The van der Waals surface area contributed by atoms with Crippen molar-refractivity contribution in [3.63, 3.8) is 0 Å². The van der Waals surface area contributed by atoms with E-state index in [4.69, 9.17) is 18.0 Å². The van der Waals surface area contributed by atoms with Crippen molar-refractivity contribution in [1.82, 2.24) is 4.31 Å². The normalized spacial score (nSPS) is 14.5. The van der Waals surface area contributed by atoms with Gasteiger partial charge in [0, 0.05) is 19.5 Å². The topological polar surface area (TPSA) is 63.4 Å². The van der Waals surface area contributed by atoms with Crippen molar-refractivity contribution in [2.75, 3.05) is 13.1 Å². The molecule has 1 aliphatic carbocycles. The van der Waals surface area contributed by atoms with Gasteiger partial charge in [-0.05, 0) is 42.5 Å². The second kappa shape index (κ2) is 6.20. The number of fused-ring (bicyclic) bond motifs is 1. The number of rotatable bonds is 6. The van der Waals surface area contributed by atoms with Gasteiger partial charge >= 0.3 is 0 Å². The van der Waals surface area contributed by atoms with Gasteiger partial charge in [-0.1, -0.05) is 25.2 Å². The van der Waals surface area contributed by atoms with Crippen LogP contribution in [0.4, 0.5) is 0 Å². The first-order chi connectivity index (χ1) is 9.45. The predicted octanol–water partition coefficient (Wildman–Crippen LogP) is 1.86. The van der Waals surface area contributed by atoms with Gasteiger partial charge in [0.2, 0.25) is 10.0 Å². The summed E-state index contributed by atoms with van der Waals surface area (Å²) >= 11 is 4.82. The van der Waals surface area contributed by atoms with Crippen LogP contribution in [0.2, 0.25) is 0 Å². The standard InChI is InChI=1S/C14H20N2O2S2/c1-2-16(9-8-14(15)19)20(17,18)13-7-6-11-4-3-5-12(11)10-13/h6-7,10H,2-5,8-9H2,1H3,(H2,15,19). The summed E-state index contributed by atoms with van der Waals surface area (Å²) in [4.78, 5) is 0.718. The molecule has 0 bridgehead atoms. The Balaban J connectivity index is 2.26. The molecular weight excluding hydrogens is 292 g/mol. The fourth-order valence-corrected chi connectivity index (χ4v) is 4.13. The minimum absolute atomic E-state index is 0.339. The van der Waals surface area contributed by atoms with Crippen LogP contribution in [0, 0.1) is 0 Å². The molecule has 1 aromatic rings. The second-order valence-corrected chi connectivity index (χ2v) is 7.46. The molecule has 1 aliphatic rings. The van der Waals surface area contributed by atoms with Crippen molar-refractivity contribution in [3.8, 4) is 0 Å². The van der Waals surface area contributed by atoms with E-state index in [0.29, 0.717) is 29.4 Å². The van der Waals surface area contributed by atoms with Crippen LogP contribution in [0.1, 0.15) is 30.9 Å². The highest BCUT2D eigenvalue weighted by molar-refractivity contribution is 7.89. The van der Waals surface area contributed by atoms with E-state index in [1.807, 2.05) is 19.1 Å². The van der Waals surface area contributed by atoms with Crippen molar-refractivity contribution in [2.24, 2.45) is 5.73 Å². The fraction of sp³-hybridized carbons (Fsp3) is 0.500. The van der Waals surface area contributed by atoms with Gasteiger partial charge in [0.1, 0.15) is 0 Å². The van der Waals surface area contributed by atoms with E-state index < -0.39 is 10.0 Å². The Morgan fingerprint density at radius 2 is 2.05 bits per heavy atom. The van der Waals surface area contributed by atoms with E-state index in [1.54, 1.807) is 6.07 Å². The van der Waals surface area contributed by atoms with Gasteiger partial charge in [0.15, 0.2) is 0 Å². The maximum absolute atomic E-state index is 12.6. The molecule has 0 amide bonds. The quantitative estimate of drug-likeness (QED) is 0.815. The molecule has 110 valence electrons. The molecule has 4 nitrogen and oxygen atoms in total. The highest BCUT2D eigenvalue weighted by Gasteiger charge is 2.24. The number of nitrogens with two attached hydrogens (primary N) is 1. The molecule has 2 rings (SSSR count). The fourth-order valence-electron chi connectivity index (χ4n) is 2.54. The Hall–Kier alpha value is -0.980. The van der Waals surface area contributed by atoms with Crippen LogP contribution in [0.25, 0.3) is 0 Å². The lowest BCUT2D eigenvalue weighted by Crippen LogP contribution is -2.33. The third kappa shape index (κ3) is 3.19. The Morgan fingerprint density at radius 1 is 1.35 bits per heavy atom. The molecule has 0 aromatic heterocycles. The smallest absolute Gasteiger partial charge is 0.243 e. The summed E-state index contributed by atoms with van der Waals surface area (Å²) in [5, 5.41) is 0. The molecule has 2 N–H and O–H groups in total. The molecule has 0 heterocycles. The molecule has 0 radical (unpaired) electrons. The number of nitrogens with zero attached hydrogens (tertiary/aromatic N) is 1. The summed E-state index contributed by atoms with van der Waals surface area (Å²) in [6.45, 7) is 2.58. The molecule has 0 fully saturated rings. The number of aryl methyl sites for hydroxylation is 2. The minimum Gasteiger partial charge on any atom is -0.393 e. The van der Waals surface area contributed by atoms with Gasteiger partial charge in [-0.2, -0.15) is 4.31 Å². The molecule has 20 heavy (non-hydrogen) atoms. The number of benzene rings is 1. The van der Waals surface area contributed by atoms with Gasteiger partial charge in [0.25, 0.3) is 0 Å². The molecular formula is C14H20N2O2S2. The van der Waals surface area contributed by atoms with E-state index in [2.05, 4.69) is 0 Å². The maximum atomic E-state index is 12.6. The van der Waals surface area contributed by atoms with Gasteiger partial charge in [-0.15, -0.1) is 0 Å². The van der Waals surface area contributed by atoms with Crippen molar-refractivity contribution in [3.05, 3.63) is 29.3 Å². The highest BCUT2D eigenvalue weighted by Crippen LogP contribution is 2.26. The average molecular weight is 312 g/mol. The predicted molar refractivity (Wildman–Crippen MR) is 84.3 cm³/mol. The zero-order valence-electron chi connectivity index (χ0n) is 11.6. The summed E-state index contributed by atoms with van der Waals surface area (Å²) in [5.41, 5.74) is 7.90. The molecule has 0 spiro atoms. The Morgan fingerprint density at radius 3 is 2.70 bits per heavy atom. The number of thiocarbonyl (C=S) groups is 1. The zero-order chi connectivity index (χ0) is 14.8. The maximum Gasteiger partial charge on any atom is 0.243 e. The summed E-state index contributed by atoms with van der Waals surface area (Å²) in [7, 11) is -3.45. The Bertz CT molecular complexity index is 612. The van der Waals surface area contributed by atoms with Crippen molar-refractivity contribution in [2.45, 2.75) is 37.5 Å². The summed E-state index contributed by atoms with van der Waals surface area (Å²) in [5.74, 6) is 0. The number of hydrogen-bond donors (Lipinski definition) is 1. The largest absolute Gasteiger partial charge is 0.393 e. The van der Waals surface area contributed by atoms with Crippen LogP contribution in [-0.2, 0) is 22.9 Å². The van der Waals surface area contributed by atoms with Crippen LogP contribution in [0.15, 0.2) is 23.1 Å². The Labute approximate surface area is 126 Å². The Kier molecular flexibility index (Phi) is 4.78. The van der Waals surface area contributed by atoms with Gasteiger partial charge < -0.3 is 5.73 Å². The monoisotopic (exact) mass is 312 g/mol. The highest BCUT2D eigenvalue weighted by atomic mass is 32.2. The van der Waals surface area contributed by atoms with Crippen LogP contribution < -0.4 is 5.73 Å². The first kappa shape index (κ1) is 15.4. The third-order valence-corrected chi connectivity index (χ3v) is 5.84. The van der Waals surface area contributed by atoms with Crippen molar-refractivity contribution >= 4 is 27.2 Å². The molecule has 0 atom stereocenters. The summed E-state index contributed by atoms with van der Waals surface area (Å²) in [6.07, 6.45) is 3.54. The van der Waals surface area contributed by atoms with Gasteiger partial charge in [-0.3, -0.25) is 0 Å². The van der Waals surface area contributed by atoms with Crippen LogP contribution in [0.3, 0.4) is 0 Å². The van der Waals surface area contributed by atoms with Gasteiger partial charge in [-0.25, -0.2) is 8.42 Å². The van der Waals surface area contributed by atoms with Crippen molar-refractivity contribution < 1.29 is 8.42 Å². The van der Waals surface area contributed by atoms with Gasteiger partial charge in [0.05, 0.1) is 9.88 Å². The second-order valence-electron chi connectivity index (χ2n) is 5.00. The number of hydrogen-bond acceptors (Lipinski definition) is 3. The minimum atomic E-state index is -3.45. The zero-order valence-corrected chi connectivity index (χ0v) is 13.3. The molecule has 0 saturated carbocycles. The van der Waals surface area contributed by atoms with Crippen LogP contribution in [-0.4, -0.2) is 30.8 Å². The molecule has 0 unspecified atom stereocenters. The SMILES string of the molecule is CCN(CCC(N)=S)S(=O)(=O)c1ccc2c(c1)CCC2. The lowest BCUT2D eigenvalue weighted by Gasteiger charge is -2.20. The first-order valence-electron chi connectivity index (χ1n) is 6.85. The lowest BCUT2D eigenvalue weighted by atomic mass is 10.1. The van der Waals surface area contributed by atoms with E-state index in [1.165, 1.54) is 9.87 Å². The molecule has 6 heteroatoms. The summed E-state index contributed by atoms with van der Waals surface area (Å²) < 4.78 is 26.7. The molecule has 0 aliphatic heterocycles. The van der Waals surface area contributed by atoms with E-state index in [0.717, 1.165) is 24.8 Å². The van der Waals surface area contributed by atoms with E-state index >= 15 is 0 Å².